The molecule has 2 rings (SSSR count). The number of carbonyl (C=O) groups excluding carboxylic acids is 1. The second-order valence-electron chi connectivity index (χ2n) is 5.46. The fraction of sp³-hybridized carbons (Fsp3) is 0.615. The maximum atomic E-state index is 12.5. The van der Waals surface area contributed by atoms with E-state index < -0.39 is 31.8 Å². The number of carbonyl (C=O) groups is 1. The molecule has 1 unspecified atom stereocenters. The zero-order valence-electron chi connectivity index (χ0n) is 13.0. The van der Waals surface area contributed by atoms with E-state index in [1.165, 1.54) is 6.07 Å². The summed E-state index contributed by atoms with van der Waals surface area (Å²) in [6.45, 7) is 3.32. The third-order valence-corrected chi connectivity index (χ3v) is 8.74. The normalized spacial score (nSPS) is 20.7. The van der Waals surface area contributed by atoms with E-state index in [1.54, 1.807) is 13.0 Å². The van der Waals surface area contributed by atoms with E-state index in [4.69, 9.17) is 0 Å². The molecule has 0 saturated carbocycles. The lowest BCUT2D eigenvalue weighted by atomic mass is 10.2. The third-order valence-electron chi connectivity index (χ3n) is 3.58. The zero-order valence-corrected chi connectivity index (χ0v) is 15.4. The Morgan fingerprint density at radius 1 is 1.43 bits per heavy atom. The van der Waals surface area contributed by atoms with E-state index in [2.05, 4.69) is 5.32 Å². The first-order valence-electron chi connectivity index (χ1n) is 7.20. The minimum atomic E-state index is -3.71. The lowest BCUT2D eigenvalue weighted by Crippen LogP contribution is -2.44. The summed E-state index contributed by atoms with van der Waals surface area (Å²) < 4.78 is 49.1. The Morgan fingerprint density at radius 3 is 2.61 bits per heavy atom. The van der Waals surface area contributed by atoms with Gasteiger partial charge in [0.05, 0.1) is 18.1 Å². The van der Waals surface area contributed by atoms with Crippen LogP contribution >= 0.6 is 11.3 Å². The SMILES string of the molecule is CCN(CC(=O)NC1CCS(=O)(=O)C1)S(=O)(=O)c1ccc(C)s1. The molecule has 1 aliphatic rings. The molecule has 0 aliphatic carbocycles. The first-order valence-corrected chi connectivity index (χ1v) is 11.3. The van der Waals surface area contributed by atoms with Crippen LogP contribution in [0.2, 0.25) is 0 Å². The van der Waals surface area contributed by atoms with Gasteiger partial charge in [0.15, 0.2) is 9.84 Å². The van der Waals surface area contributed by atoms with Crippen LogP contribution in [0, 0.1) is 6.92 Å². The molecule has 0 bridgehead atoms. The van der Waals surface area contributed by atoms with Crippen molar-refractivity contribution >= 4 is 37.1 Å². The fourth-order valence-corrected chi connectivity index (χ4v) is 6.90. The summed E-state index contributed by atoms with van der Waals surface area (Å²) in [6.07, 6.45) is 0.372. The molecule has 1 N–H and O–H groups in total. The van der Waals surface area contributed by atoms with E-state index in [-0.39, 0.29) is 28.8 Å². The number of sulfonamides is 1. The van der Waals surface area contributed by atoms with Crippen molar-refractivity contribution in [1.29, 1.82) is 0 Å². The molecule has 0 radical (unpaired) electrons. The van der Waals surface area contributed by atoms with Gasteiger partial charge in [-0.05, 0) is 25.5 Å². The Bertz CT molecular complexity index is 782. The highest BCUT2D eigenvalue weighted by atomic mass is 32.2. The Balaban J connectivity index is 2.03. The predicted octanol–water partition coefficient (Wildman–Crippen LogP) is 0.370. The Kier molecular flexibility index (Phi) is 5.49. The van der Waals surface area contributed by atoms with Crippen LogP contribution in [0.3, 0.4) is 0 Å². The highest BCUT2D eigenvalue weighted by molar-refractivity contribution is 7.91. The number of thiophene rings is 1. The number of sulfone groups is 1. The third kappa shape index (κ3) is 4.52. The standard InChI is InChI=1S/C13H20N2O5S3/c1-3-15(23(19,20)13-5-4-10(2)21-13)8-12(16)14-11-6-7-22(17,18)9-11/h4-5,11H,3,6-9H2,1-2H3,(H,14,16). The summed E-state index contributed by atoms with van der Waals surface area (Å²) in [5.41, 5.74) is 0. The van der Waals surface area contributed by atoms with Gasteiger partial charge in [0.2, 0.25) is 5.91 Å². The van der Waals surface area contributed by atoms with E-state index in [9.17, 15) is 21.6 Å². The quantitative estimate of drug-likeness (QED) is 0.768. The lowest BCUT2D eigenvalue weighted by molar-refractivity contribution is -0.121. The summed E-state index contributed by atoms with van der Waals surface area (Å²) in [4.78, 5) is 12.9. The van der Waals surface area contributed by atoms with Crippen molar-refractivity contribution in [3.8, 4) is 0 Å². The number of rotatable bonds is 6. The topological polar surface area (TPSA) is 101 Å². The van der Waals surface area contributed by atoms with E-state index in [0.29, 0.717) is 6.42 Å². The average molecular weight is 381 g/mol. The van der Waals surface area contributed by atoms with Gasteiger partial charge in [-0.3, -0.25) is 4.79 Å². The molecule has 1 amide bonds. The van der Waals surface area contributed by atoms with Crippen molar-refractivity contribution in [2.24, 2.45) is 0 Å². The number of nitrogens with zero attached hydrogens (tertiary/aromatic N) is 1. The summed E-state index contributed by atoms with van der Waals surface area (Å²) in [6, 6.07) is 2.81. The van der Waals surface area contributed by atoms with Crippen molar-refractivity contribution < 1.29 is 21.6 Å². The van der Waals surface area contributed by atoms with Crippen molar-refractivity contribution in [2.45, 2.75) is 30.5 Å². The molecular weight excluding hydrogens is 360 g/mol. The fourth-order valence-electron chi connectivity index (χ4n) is 2.39. The summed E-state index contributed by atoms with van der Waals surface area (Å²) in [7, 11) is -6.80. The van der Waals surface area contributed by atoms with Gasteiger partial charge in [-0.25, -0.2) is 16.8 Å². The average Bonchev–Trinajstić information content (AvgIpc) is 3.02. The highest BCUT2D eigenvalue weighted by Crippen LogP contribution is 2.24. The predicted molar refractivity (Wildman–Crippen MR) is 88.7 cm³/mol. The van der Waals surface area contributed by atoms with E-state index in [0.717, 1.165) is 20.5 Å². The highest BCUT2D eigenvalue weighted by Gasteiger charge is 2.31. The molecule has 1 saturated heterocycles. The van der Waals surface area contributed by atoms with Gasteiger partial charge >= 0.3 is 0 Å². The molecule has 1 atom stereocenters. The Morgan fingerprint density at radius 2 is 2.13 bits per heavy atom. The van der Waals surface area contributed by atoms with Gasteiger partial charge in [0, 0.05) is 17.5 Å². The molecule has 23 heavy (non-hydrogen) atoms. The molecule has 0 spiro atoms. The van der Waals surface area contributed by atoms with Gasteiger partial charge in [0.25, 0.3) is 10.0 Å². The zero-order chi connectivity index (χ0) is 17.3. The van der Waals surface area contributed by atoms with Crippen LogP contribution in [-0.4, -0.2) is 57.7 Å². The second-order valence-corrected chi connectivity index (χ2v) is 11.1. The van der Waals surface area contributed by atoms with Crippen molar-refractivity contribution in [2.75, 3.05) is 24.6 Å². The number of aryl methyl sites for hydroxylation is 1. The van der Waals surface area contributed by atoms with Crippen molar-refractivity contribution in [3.05, 3.63) is 17.0 Å². The molecule has 2 heterocycles. The monoisotopic (exact) mass is 380 g/mol. The summed E-state index contributed by atoms with van der Waals surface area (Å²) in [5.74, 6) is -0.505. The minimum absolute atomic E-state index is 0.0577. The molecule has 130 valence electrons. The Labute approximate surface area is 140 Å². The molecule has 1 aromatic rings. The molecule has 1 fully saturated rings. The van der Waals surface area contributed by atoms with Crippen LogP contribution in [0.1, 0.15) is 18.2 Å². The molecule has 10 heteroatoms. The van der Waals surface area contributed by atoms with Crippen molar-refractivity contribution in [1.82, 2.24) is 9.62 Å². The largest absolute Gasteiger partial charge is 0.351 e. The molecule has 1 aliphatic heterocycles. The van der Waals surface area contributed by atoms with Gasteiger partial charge in [-0.1, -0.05) is 6.92 Å². The molecule has 0 aromatic carbocycles. The van der Waals surface area contributed by atoms with Gasteiger partial charge < -0.3 is 5.32 Å². The molecule has 1 aromatic heterocycles. The van der Waals surface area contributed by atoms with Crippen LogP contribution in [0.4, 0.5) is 0 Å². The van der Waals surface area contributed by atoms with Crippen LogP contribution < -0.4 is 5.32 Å². The minimum Gasteiger partial charge on any atom is -0.351 e. The maximum absolute atomic E-state index is 12.5. The van der Waals surface area contributed by atoms with Gasteiger partial charge in [-0.2, -0.15) is 4.31 Å². The van der Waals surface area contributed by atoms with E-state index >= 15 is 0 Å². The number of likely N-dealkylation sites (N-methyl/N-ethyl adjacent to an activating group) is 1. The summed E-state index contributed by atoms with van der Waals surface area (Å²) >= 11 is 1.16. The first kappa shape index (κ1) is 18.4. The number of nitrogens with one attached hydrogen (secondary N) is 1. The van der Waals surface area contributed by atoms with Crippen LogP contribution in [0.15, 0.2) is 16.3 Å². The van der Waals surface area contributed by atoms with Crippen LogP contribution in [-0.2, 0) is 24.7 Å². The van der Waals surface area contributed by atoms with Crippen molar-refractivity contribution in [3.63, 3.8) is 0 Å². The number of hydrogen-bond acceptors (Lipinski definition) is 6. The molecular formula is C13H20N2O5S3. The van der Waals surface area contributed by atoms with Gasteiger partial charge in [-0.15, -0.1) is 11.3 Å². The maximum Gasteiger partial charge on any atom is 0.253 e. The van der Waals surface area contributed by atoms with Crippen LogP contribution in [0.25, 0.3) is 0 Å². The van der Waals surface area contributed by atoms with Gasteiger partial charge in [0.1, 0.15) is 4.21 Å². The Hall–Kier alpha value is -0.970. The first-order chi connectivity index (χ1) is 10.6. The smallest absolute Gasteiger partial charge is 0.253 e. The van der Waals surface area contributed by atoms with E-state index in [1.807, 2.05) is 6.92 Å². The van der Waals surface area contributed by atoms with Crippen LogP contribution in [0.5, 0.6) is 0 Å². The number of hydrogen-bond donors (Lipinski definition) is 1. The lowest BCUT2D eigenvalue weighted by Gasteiger charge is -2.20. The number of amides is 1. The second kappa shape index (κ2) is 6.88. The molecule has 7 nitrogen and oxygen atoms in total. The summed E-state index contributed by atoms with van der Waals surface area (Å²) in [5, 5.41) is 2.61.